The third-order valence-electron chi connectivity index (χ3n) is 3.41. The van der Waals surface area contributed by atoms with Crippen LogP contribution in [0.15, 0.2) is 18.2 Å². The second-order valence-corrected chi connectivity index (χ2v) is 6.83. The van der Waals surface area contributed by atoms with Gasteiger partial charge >= 0.3 is 5.97 Å². The van der Waals surface area contributed by atoms with Gasteiger partial charge in [0, 0.05) is 12.0 Å². The highest BCUT2D eigenvalue weighted by molar-refractivity contribution is 5.97. The average molecular weight is 352 g/mol. The first kappa shape index (κ1) is 20.6. The molecule has 1 unspecified atom stereocenters. The summed E-state index contributed by atoms with van der Waals surface area (Å²) in [6.07, 6.45) is 0.532. The summed E-state index contributed by atoms with van der Waals surface area (Å²) in [5.74, 6) is -2.65. The van der Waals surface area contributed by atoms with Gasteiger partial charge in [-0.15, -0.1) is 0 Å². The van der Waals surface area contributed by atoms with Crippen LogP contribution in [-0.2, 0) is 9.59 Å². The van der Waals surface area contributed by atoms with E-state index in [2.05, 4.69) is 10.6 Å². The van der Waals surface area contributed by atoms with E-state index < -0.39 is 23.7 Å². The van der Waals surface area contributed by atoms with E-state index in [0.29, 0.717) is 0 Å². The van der Waals surface area contributed by atoms with Gasteiger partial charge in [0.1, 0.15) is 11.9 Å². The molecular formula is C18H25FN2O4. The molecular weight excluding hydrogens is 327 g/mol. The quantitative estimate of drug-likeness (QED) is 0.670. The van der Waals surface area contributed by atoms with E-state index in [-0.39, 0.29) is 41.8 Å². The lowest BCUT2D eigenvalue weighted by molar-refractivity contribution is -0.139. The highest BCUT2D eigenvalue weighted by atomic mass is 19.1. The number of anilines is 1. The molecule has 1 aromatic carbocycles. The van der Waals surface area contributed by atoms with E-state index in [1.165, 1.54) is 12.1 Å². The van der Waals surface area contributed by atoms with Crippen LogP contribution < -0.4 is 10.6 Å². The summed E-state index contributed by atoms with van der Waals surface area (Å²) in [7, 11) is 0. The number of hydrogen-bond donors (Lipinski definition) is 3. The number of carbonyl (C=O) groups excluding carboxylic acids is 2. The number of carbonyl (C=O) groups is 3. The van der Waals surface area contributed by atoms with E-state index in [9.17, 15) is 18.8 Å². The minimum Gasteiger partial charge on any atom is -0.480 e. The maximum atomic E-state index is 14.1. The second kappa shape index (κ2) is 9.15. The van der Waals surface area contributed by atoms with Gasteiger partial charge in [0.15, 0.2) is 0 Å². The Morgan fingerprint density at radius 2 is 1.76 bits per heavy atom. The van der Waals surface area contributed by atoms with Gasteiger partial charge in [-0.25, -0.2) is 9.18 Å². The minimum absolute atomic E-state index is 0.00522. The SMILES string of the molecule is CC(C)CC(=O)Nc1ccc(C(=O)NC(CC(C)C)C(=O)O)cc1F. The van der Waals surface area contributed by atoms with Crippen molar-refractivity contribution in [2.75, 3.05) is 5.32 Å². The molecule has 0 aromatic heterocycles. The van der Waals surface area contributed by atoms with Crippen molar-refractivity contribution < 1.29 is 23.9 Å². The highest BCUT2D eigenvalue weighted by Gasteiger charge is 2.22. The molecule has 0 aliphatic carbocycles. The zero-order valence-electron chi connectivity index (χ0n) is 14.9. The van der Waals surface area contributed by atoms with E-state index in [1.807, 2.05) is 27.7 Å². The van der Waals surface area contributed by atoms with Gasteiger partial charge in [-0.1, -0.05) is 27.7 Å². The maximum absolute atomic E-state index is 14.1. The van der Waals surface area contributed by atoms with Gasteiger partial charge in [0.2, 0.25) is 5.91 Å². The van der Waals surface area contributed by atoms with Crippen LogP contribution in [0.2, 0.25) is 0 Å². The molecule has 0 aliphatic rings. The summed E-state index contributed by atoms with van der Waals surface area (Å²) in [4.78, 5) is 35.0. The first-order valence-electron chi connectivity index (χ1n) is 8.23. The number of benzene rings is 1. The van der Waals surface area contributed by atoms with E-state index >= 15 is 0 Å². The molecule has 0 aliphatic heterocycles. The summed E-state index contributed by atoms with van der Waals surface area (Å²) in [6.45, 7) is 7.44. The van der Waals surface area contributed by atoms with E-state index in [0.717, 1.165) is 6.07 Å². The normalized spacial score (nSPS) is 12.1. The molecule has 6 nitrogen and oxygen atoms in total. The zero-order chi connectivity index (χ0) is 19.1. The lowest BCUT2D eigenvalue weighted by Crippen LogP contribution is -2.41. The minimum atomic E-state index is -1.14. The Labute approximate surface area is 146 Å². The molecule has 1 atom stereocenters. The molecule has 1 rings (SSSR count). The number of aliphatic carboxylic acids is 1. The molecule has 3 N–H and O–H groups in total. The molecule has 0 saturated carbocycles. The Bertz CT molecular complexity index is 644. The fraction of sp³-hybridized carbons (Fsp3) is 0.500. The molecule has 7 heteroatoms. The third-order valence-corrected chi connectivity index (χ3v) is 3.41. The maximum Gasteiger partial charge on any atom is 0.326 e. The van der Waals surface area contributed by atoms with Crippen molar-refractivity contribution in [1.82, 2.24) is 5.32 Å². The highest BCUT2D eigenvalue weighted by Crippen LogP contribution is 2.17. The van der Waals surface area contributed by atoms with Gasteiger partial charge in [-0.05, 0) is 36.5 Å². The third kappa shape index (κ3) is 6.91. The molecule has 0 bridgehead atoms. The standard InChI is InChI=1S/C18H25FN2O4/c1-10(2)7-15(18(24)25)21-17(23)12-5-6-14(13(19)9-12)20-16(22)8-11(3)4/h5-6,9-11,15H,7-8H2,1-4H3,(H,20,22)(H,21,23)(H,24,25). The number of amides is 2. The molecule has 0 spiro atoms. The summed E-state index contributed by atoms with van der Waals surface area (Å²) in [5, 5.41) is 14.0. The Morgan fingerprint density at radius 1 is 1.12 bits per heavy atom. The van der Waals surface area contributed by atoms with Crippen molar-refractivity contribution in [2.24, 2.45) is 11.8 Å². The van der Waals surface area contributed by atoms with Gasteiger partial charge in [-0.2, -0.15) is 0 Å². The van der Waals surface area contributed by atoms with Crippen LogP contribution >= 0.6 is 0 Å². The van der Waals surface area contributed by atoms with Crippen molar-refractivity contribution >= 4 is 23.5 Å². The van der Waals surface area contributed by atoms with Crippen molar-refractivity contribution in [3.63, 3.8) is 0 Å². The Morgan fingerprint density at radius 3 is 2.24 bits per heavy atom. The number of halogens is 1. The predicted octanol–water partition coefficient (Wildman–Crippen LogP) is 3.04. The van der Waals surface area contributed by atoms with Crippen molar-refractivity contribution in [3.05, 3.63) is 29.6 Å². The summed E-state index contributed by atoms with van der Waals surface area (Å²) in [5.41, 5.74) is -0.0199. The van der Waals surface area contributed by atoms with Crippen LogP contribution in [0.4, 0.5) is 10.1 Å². The molecule has 2 amide bonds. The molecule has 0 fully saturated rings. The summed E-state index contributed by atoms with van der Waals surface area (Å²) >= 11 is 0. The van der Waals surface area contributed by atoms with Crippen LogP contribution in [0.1, 0.15) is 50.9 Å². The summed E-state index contributed by atoms with van der Waals surface area (Å²) in [6, 6.07) is 2.58. The predicted molar refractivity (Wildman–Crippen MR) is 92.8 cm³/mol. The number of hydrogen-bond acceptors (Lipinski definition) is 3. The smallest absolute Gasteiger partial charge is 0.326 e. The number of carboxylic acid groups (broad SMARTS) is 1. The van der Waals surface area contributed by atoms with Crippen molar-refractivity contribution in [2.45, 2.75) is 46.6 Å². The average Bonchev–Trinajstić information content (AvgIpc) is 2.47. The van der Waals surface area contributed by atoms with Crippen molar-refractivity contribution in [3.8, 4) is 0 Å². The fourth-order valence-corrected chi connectivity index (χ4v) is 2.26. The van der Waals surface area contributed by atoms with Crippen LogP contribution in [-0.4, -0.2) is 28.9 Å². The van der Waals surface area contributed by atoms with Crippen molar-refractivity contribution in [1.29, 1.82) is 0 Å². The Balaban J connectivity index is 2.82. The monoisotopic (exact) mass is 352 g/mol. The Kier molecular flexibility index (Phi) is 7.54. The lowest BCUT2D eigenvalue weighted by atomic mass is 10.0. The van der Waals surface area contributed by atoms with E-state index in [4.69, 9.17) is 5.11 Å². The largest absolute Gasteiger partial charge is 0.480 e. The van der Waals surface area contributed by atoms with E-state index in [1.54, 1.807) is 0 Å². The Hall–Kier alpha value is -2.44. The molecule has 138 valence electrons. The lowest BCUT2D eigenvalue weighted by Gasteiger charge is -2.16. The fourth-order valence-electron chi connectivity index (χ4n) is 2.26. The second-order valence-electron chi connectivity index (χ2n) is 6.83. The topological polar surface area (TPSA) is 95.5 Å². The van der Waals surface area contributed by atoms with Gasteiger partial charge in [0.25, 0.3) is 5.91 Å². The van der Waals surface area contributed by atoms with Gasteiger partial charge < -0.3 is 15.7 Å². The molecule has 0 saturated heterocycles. The number of carboxylic acids is 1. The first-order chi connectivity index (χ1) is 11.6. The first-order valence-corrected chi connectivity index (χ1v) is 8.23. The molecule has 25 heavy (non-hydrogen) atoms. The van der Waals surface area contributed by atoms with Gasteiger partial charge in [0.05, 0.1) is 5.69 Å². The van der Waals surface area contributed by atoms with Crippen LogP contribution in [0.25, 0.3) is 0 Å². The van der Waals surface area contributed by atoms with Crippen LogP contribution in [0, 0.1) is 17.7 Å². The molecule has 1 aromatic rings. The number of rotatable bonds is 8. The van der Waals surface area contributed by atoms with Crippen LogP contribution in [0.5, 0.6) is 0 Å². The molecule has 0 radical (unpaired) electrons. The zero-order valence-corrected chi connectivity index (χ0v) is 14.9. The summed E-state index contributed by atoms with van der Waals surface area (Å²) < 4.78 is 14.1. The van der Waals surface area contributed by atoms with Crippen LogP contribution in [0.3, 0.4) is 0 Å². The molecule has 0 heterocycles. The number of nitrogens with one attached hydrogen (secondary N) is 2. The van der Waals surface area contributed by atoms with Gasteiger partial charge in [-0.3, -0.25) is 9.59 Å².